The minimum absolute atomic E-state index is 0.00234. The Labute approximate surface area is 179 Å². The van der Waals surface area contributed by atoms with Crippen molar-refractivity contribution in [3.8, 4) is 0 Å². The molecule has 0 bridgehead atoms. The number of aliphatic carboxylic acids is 2. The number of hydrogen-bond acceptors (Lipinski definition) is 6. The lowest BCUT2D eigenvalue weighted by Crippen LogP contribution is -2.56. The fourth-order valence-corrected chi connectivity index (χ4v) is 2.57. The molecule has 0 saturated heterocycles. The summed E-state index contributed by atoms with van der Waals surface area (Å²) in [5.41, 5.74) is 6.11. The molecule has 0 aromatic heterocycles. The highest BCUT2D eigenvalue weighted by Crippen LogP contribution is 2.06. The average molecular weight is 436 g/mol. The highest BCUT2D eigenvalue weighted by atomic mass is 16.4. The summed E-state index contributed by atoms with van der Waals surface area (Å²) in [6.07, 6.45) is -0.698. The first-order valence-corrected chi connectivity index (χ1v) is 9.66. The van der Waals surface area contributed by atoms with Gasteiger partial charge in [0.2, 0.25) is 17.7 Å². The number of carboxylic acid groups (broad SMARTS) is 2. The smallest absolute Gasteiger partial charge is 0.326 e. The van der Waals surface area contributed by atoms with E-state index in [4.69, 9.17) is 10.8 Å². The van der Waals surface area contributed by atoms with Gasteiger partial charge in [0.15, 0.2) is 0 Å². The Morgan fingerprint density at radius 2 is 1.45 bits per heavy atom. The van der Waals surface area contributed by atoms with E-state index in [1.807, 2.05) is 0 Å². The molecular weight excluding hydrogens is 408 g/mol. The zero-order valence-electron chi connectivity index (χ0n) is 17.3. The number of carbonyl (C=O) groups excluding carboxylic acids is 3. The van der Waals surface area contributed by atoms with Gasteiger partial charge in [-0.1, -0.05) is 30.3 Å². The standard InChI is InChI=1S/C20H28N4O7/c1-11(21)17(27)22-12(2)18(28)23-14(8-9-16(25)26)19(29)24-15(20(30)31)10-13-6-4-3-5-7-13/h3-7,11-12,14-15H,8-10,21H2,1-2H3,(H,22,27)(H,23,28)(H,24,29)(H,25,26)(H,30,31). The molecule has 0 aliphatic rings. The van der Waals surface area contributed by atoms with Crippen molar-refractivity contribution in [1.82, 2.24) is 16.0 Å². The third-order valence-electron chi connectivity index (χ3n) is 4.34. The van der Waals surface area contributed by atoms with E-state index in [2.05, 4.69) is 16.0 Å². The molecule has 1 aromatic rings. The van der Waals surface area contributed by atoms with Crippen LogP contribution in [0, 0.1) is 0 Å². The van der Waals surface area contributed by atoms with Crippen molar-refractivity contribution in [2.24, 2.45) is 5.73 Å². The molecule has 31 heavy (non-hydrogen) atoms. The average Bonchev–Trinajstić information content (AvgIpc) is 2.70. The highest BCUT2D eigenvalue weighted by molar-refractivity contribution is 5.94. The van der Waals surface area contributed by atoms with Crippen molar-refractivity contribution in [2.75, 3.05) is 0 Å². The van der Waals surface area contributed by atoms with Gasteiger partial charge in [0.1, 0.15) is 18.1 Å². The topological polar surface area (TPSA) is 188 Å². The molecule has 3 amide bonds. The van der Waals surface area contributed by atoms with E-state index < -0.39 is 60.2 Å². The van der Waals surface area contributed by atoms with Crippen molar-refractivity contribution in [3.63, 3.8) is 0 Å². The van der Waals surface area contributed by atoms with E-state index >= 15 is 0 Å². The molecule has 170 valence electrons. The molecular formula is C20H28N4O7. The van der Waals surface area contributed by atoms with Crippen LogP contribution in [0.15, 0.2) is 30.3 Å². The Kier molecular flexibility index (Phi) is 10.1. The zero-order chi connectivity index (χ0) is 23.6. The number of benzene rings is 1. The molecule has 0 spiro atoms. The first kappa shape index (κ1) is 25.6. The lowest BCUT2D eigenvalue weighted by atomic mass is 10.0. The second-order valence-corrected chi connectivity index (χ2v) is 7.10. The third-order valence-corrected chi connectivity index (χ3v) is 4.34. The molecule has 4 atom stereocenters. The molecule has 7 N–H and O–H groups in total. The van der Waals surface area contributed by atoms with Gasteiger partial charge in [-0.2, -0.15) is 0 Å². The first-order valence-electron chi connectivity index (χ1n) is 9.66. The lowest BCUT2D eigenvalue weighted by Gasteiger charge is -2.23. The molecule has 0 aliphatic heterocycles. The van der Waals surface area contributed by atoms with E-state index in [1.54, 1.807) is 30.3 Å². The van der Waals surface area contributed by atoms with E-state index in [9.17, 15) is 29.1 Å². The highest BCUT2D eigenvalue weighted by Gasteiger charge is 2.29. The summed E-state index contributed by atoms with van der Waals surface area (Å²) in [4.78, 5) is 59.2. The molecule has 4 unspecified atom stereocenters. The van der Waals surface area contributed by atoms with Crippen LogP contribution < -0.4 is 21.7 Å². The van der Waals surface area contributed by atoms with Gasteiger partial charge in [-0.25, -0.2) is 4.79 Å². The van der Waals surface area contributed by atoms with Crippen molar-refractivity contribution in [2.45, 2.75) is 57.3 Å². The lowest BCUT2D eigenvalue weighted by molar-refractivity contribution is -0.143. The molecule has 0 fully saturated rings. The van der Waals surface area contributed by atoms with Crippen LogP contribution in [0.3, 0.4) is 0 Å². The van der Waals surface area contributed by atoms with Gasteiger partial charge in [-0.3, -0.25) is 19.2 Å². The summed E-state index contributed by atoms with van der Waals surface area (Å²) in [5, 5.41) is 25.4. The van der Waals surface area contributed by atoms with E-state index in [0.717, 1.165) is 0 Å². The first-order chi connectivity index (χ1) is 14.5. The Morgan fingerprint density at radius 1 is 0.871 bits per heavy atom. The maximum absolute atomic E-state index is 12.7. The Balaban J connectivity index is 2.87. The number of nitrogens with one attached hydrogen (secondary N) is 3. The monoisotopic (exact) mass is 436 g/mol. The van der Waals surface area contributed by atoms with Gasteiger partial charge < -0.3 is 31.9 Å². The van der Waals surface area contributed by atoms with E-state index in [0.29, 0.717) is 5.56 Å². The van der Waals surface area contributed by atoms with Crippen LogP contribution in [0.5, 0.6) is 0 Å². The fraction of sp³-hybridized carbons (Fsp3) is 0.450. The third kappa shape index (κ3) is 9.26. The summed E-state index contributed by atoms with van der Waals surface area (Å²) in [6, 6.07) is 4.14. The van der Waals surface area contributed by atoms with Gasteiger partial charge in [-0.05, 0) is 25.8 Å². The maximum Gasteiger partial charge on any atom is 0.326 e. The van der Waals surface area contributed by atoms with Crippen molar-refractivity contribution >= 4 is 29.7 Å². The van der Waals surface area contributed by atoms with Crippen molar-refractivity contribution in [1.29, 1.82) is 0 Å². The van der Waals surface area contributed by atoms with Crippen LogP contribution in [0.1, 0.15) is 32.3 Å². The summed E-state index contributed by atoms with van der Waals surface area (Å²) in [7, 11) is 0. The quantitative estimate of drug-likeness (QED) is 0.240. The molecule has 1 rings (SSSR count). The Hall–Kier alpha value is -3.47. The number of hydrogen-bond donors (Lipinski definition) is 6. The van der Waals surface area contributed by atoms with Gasteiger partial charge in [0.25, 0.3) is 0 Å². The molecule has 0 aliphatic carbocycles. The summed E-state index contributed by atoms with van der Waals surface area (Å²) in [5.74, 6) is -4.64. The van der Waals surface area contributed by atoms with Crippen LogP contribution in [-0.4, -0.2) is 64.0 Å². The predicted molar refractivity (Wildman–Crippen MR) is 110 cm³/mol. The van der Waals surface area contributed by atoms with Crippen molar-refractivity contribution < 1.29 is 34.2 Å². The molecule has 1 aromatic carbocycles. The second kappa shape index (κ2) is 12.3. The van der Waals surface area contributed by atoms with Gasteiger partial charge in [0.05, 0.1) is 6.04 Å². The Morgan fingerprint density at radius 3 is 1.97 bits per heavy atom. The van der Waals surface area contributed by atoms with Crippen LogP contribution in [-0.2, 0) is 30.4 Å². The summed E-state index contributed by atoms with van der Waals surface area (Å²) >= 11 is 0. The fourth-order valence-electron chi connectivity index (χ4n) is 2.57. The van der Waals surface area contributed by atoms with E-state index in [1.165, 1.54) is 13.8 Å². The largest absolute Gasteiger partial charge is 0.481 e. The second-order valence-electron chi connectivity index (χ2n) is 7.10. The van der Waals surface area contributed by atoms with Crippen LogP contribution in [0.25, 0.3) is 0 Å². The van der Waals surface area contributed by atoms with Crippen LogP contribution >= 0.6 is 0 Å². The Bertz CT molecular complexity index is 798. The SMILES string of the molecule is CC(N)C(=O)NC(C)C(=O)NC(CCC(=O)O)C(=O)NC(Cc1ccccc1)C(=O)O. The minimum atomic E-state index is -1.31. The summed E-state index contributed by atoms with van der Waals surface area (Å²) in [6.45, 7) is 2.80. The normalized spacial score (nSPS) is 14.4. The van der Waals surface area contributed by atoms with Crippen molar-refractivity contribution in [3.05, 3.63) is 35.9 Å². The molecule has 0 radical (unpaired) electrons. The van der Waals surface area contributed by atoms with Crippen LogP contribution in [0.2, 0.25) is 0 Å². The molecule has 11 heteroatoms. The van der Waals surface area contributed by atoms with Gasteiger partial charge in [0, 0.05) is 12.8 Å². The number of carboxylic acids is 2. The summed E-state index contributed by atoms with van der Waals surface area (Å²) < 4.78 is 0. The number of rotatable bonds is 12. The predicted octanol–water partition coefficient (Wildman–Crippen LogP) is -1.000. The number of carbonyl (C=O) groups is 5. The molecule has 0 saturated carbocycles. The van der Waals surface area contributed by atoms with Crippen LogP contribution in [0.4, 0.5) is 0 Å². The minimum Gasteiger partial charge on any atom is -0.481 e. The van der Waals surface area contributed by atoms with Gasteiger partial charge >= 0.3 is 11.9 Å². The molecule has 0 heterocycles. The van der Waals surface area contributed by atoms with Gasteiger partial charge in [-0.15, -0.1) is 0 Å². The van der Waals surface area contributed by atoms with E-state index in [-0.39, 0.29) is 12.8 Å². The maximum atomic E-state index is 12.7. The zero-order valence-corrected chi connectivity index (χ0v) is 17.3. The number of amides is 3. The molecule has 11 nitrogen and oxygen atoms in total. The number of nitrogens with two attached hydrogens (primary N) is 1.